The molecule has 2 aromatic rings. The van der Waals surface area contributed by atoms with Crippen molar-refractivity contribution >= 4 is 10.9 Å². The maximum Gasteiger partial charge on any atom is 0.0729 e. The summed E-state index contributed by atoms with van der Waals surface area (Å²) in [5, 5.41) is 5.28. The van der Waals surface area contributed by atoms with E-state index in [1.54, 1.807) is 41.5 Å². The molecule has 4 bridgehead atoms. The molecule has 26 heavy (non-hydrogen) atoms. The molecule has 0 radical (unpaired) electrons. The van der Waals surface area contributed by atoms with E-state index in [0.29, 0.717) is 5.41 Å². The molecule has 5 aliphatic carbocycles. The highest BCUT2D eigenvalue weighted by Gasteiger charge is 2.51. The maximum absolute atomic E-state index is 3.67. The molecular formula is C24H30N2. The van der Waals surface area contributed by atoms with Crippen LogP contribution in [0.4, 0.5) is 0 Å². The normalized spacial score (nSPS) is 40.2. The number of fused-ring (bicyclic) bond motifs is 3. The first-order chi connectivity index (χ1) is 12.8. The van der Waals surface area contributed by atoms with Gasteiger partial charge < -0.3 is 4.57 Å². The van der Waals surface area contributed by atoms with Crippen molar-refractivity contribution in [2.24, 2.45) is 17.8 Å². The summed E-state index contributed by atoms with van der Waals surface area (Å²) in [6, 6.07) is 7.70. The quantitative estimate of drug-likeness (QED) is 0.761. The number of aromatic nitrogens is 1. The van der Waals surface area contributed by atoms with Crippen molar-refractivity contribution < 1.29 is 0 Å². The predicted molar refractivity (Wildman–Crippen MR) is 105 cm³/mol. The van der Waals surface area contributed by atoms with Gasteiger partial charge >= 0.3 is 0 Å². The Kier molecular flexibility index (Phi) is 2.81. The number of hydrogen-bond acceptors (Lipinski definition) is 1. The lowest BCUT2D eigenvalue weighted by molar-refractivity contribution is -0.00513. The van der Waals surface area contributed by atoms with Gasteiger partial charge in [-0.25, -0.2) is 0 Å². The van der Waals surface area contributed by atoms with Crippen LogP contribution in [0.3, 0.4) is 0 Å². The summed E-state index contributed by atoms with van der Waals surface area (Å²) in [5.41, 5.74) is 7.14. The fourth-order valence-corrected chi connectivity index (χ4v) is 8.35. The number of nitrogens with one attached hydrogen (secondary N) is 1. The molecule has 4 fully saturated rings. The van der Waals surface area contributed by atoms with Crippen LogP contribution in [-0.2, 0) is 18.5 Å². The van der Waals surface area contributed by atoms with Gasteiger partial charge in [0.2, 0.25) is 0 Å². The largest absolute Gasteiger partial charge is 0.331 e. The number of nitrogens with zero attached hydrogens (tertiary/aromatic N) is 1. The summed E-state index contributed by atoms with van der Waals surface area (Å²) in [4.78, 5) is 0. The van der Waals surface area contributed by atoms with Gasteiger partial charge in [-0.15, -0.1) is 0 Å². The van der Waals surface area contributed by atoms with Crippen LogP contribution >= 0.6 is 0 Å². The van der Waals surface area contributed by atoms with E-state index in [1.807, 2.05) is 0 Å². The van der Waals surface area contributed by atoms with Gasteiger partial charge in [0, 0.05) is 29.1 Å². The highest BCUT2D eigenvalue weighted by atomic mass is 15.2. The summed E-state index contributed by atoms with van der Waals surface area (Å²) in [7, 11) is 0. The van der Waals surface area contributed by atoms with Crippen LogP contribution in [0.2, 0.25) is 0 Å². The van der Waals surface area contributed by atoms with Crippen LogP contribution in [0.15, 0.2) is 18.2 Å². The molecule has 136 valence electrons. The van der Waals surface area contributed by atoms with Gasteiger partial charge in [-0.2, -0.15) is 0 Å². The Morgan fingerprint density at radius 2 is 1.77 bits per heavy atom. The van der Waals surface area contributed by atoms with Gasteiger partial charge in [-0.1, -0.05) is 6.07 Å². The average molecular weight is 347 g/mol. The number of rotatable bonds is 1. The molecule has 1 aromatic carbocycles. The molecule has 0 spiro atoms. The second-order valence-electron chi connectivity index (χ2n) is 10.4. The zero-order valence-electron chi connectivity index (χ0n) is 15.8. The fourth-order valence-electron chi connectivity index (χ4n) is 8.35. The van der Waals surface area contributed by atoms with Crippen molar-refractivity contribution in [3.05, 3.63) is 35.0 Å². The Labute approximate surface area is 156 Å². The van der Waals surface area contributed by atoms with E-state index in [0.717, 1.165) is 30.3 Å². The van der Waals surface area contributed by atoms with Crippen molar-refractivity contribution in [1.82, 2.24) is 9.88 Å². The van der Waals surface area contributed by atoms with Gasteiger partial charge in [0.05, 0.1) is 6.67 Å². The average Bonchev–Trinajstić information content (AvgIpc) is 2.97. The van der Waals surface area contributed by atoms with Crippen LogP contribution in [0.5, 0.6) is 0 Å². The van der Waals surface area contributed by atoms with Gasteiger partial charge in [0.15, 0.2) is 0 Å². The van der Waals surface area contributed by atoms with E-state index >= 15 is 0 Å². The molecule has 2 heterocycles. The van der Waals surface area contributed by atoms with E-state index in [1.165, 1.54) is 50.6 Å². The first-order valence-corrected chi connectivity index (χ1v) is 11.2. The zero-order valence-corrected chi connectivity index (χ0v) is 15.8. The monoisotopic (exact) mass is 346 g/mol. The molecular weight excluding hydrogens is 316 g/mol. The Hall–Kier alpha value is -1.28. The lowest BCUT2D eigenvalue weighted by Crippen LogP contribution is -2.48. The maximum atomic E-state index is 3.67. The molecule has 2 heteroatoms. The first kappa shape index (κ1) is 14.7. The third kappa shape index (κ3) is 1.82. The van der Waals surface area contributed by atoms with E-state index in [9.17, 15) is 0 Å². The Balaban J connectivity index is 1.41. The van der Waals surface area contributed by atoms with E-state index < -0.39 is 0 Å². The van der Waals surface area contributed by atoms with E-state index in [-0.39, 0.29) is 0 Å². The first-order valence-electron chi connectivity index (χ1n) is 11.2. The summed E-state index contributed by atoms with van der Waals surface area (Å²) in [6.07, 6.45) is 13.1. The second-order valence-corrected chi connectivity index (χ2v) is 10.4. The van der Waals surface area contributed by atoms with Gasteiger partial charge in [0.1, 0.15) is 0 Å². The van der Waals surface area contributed by atoms with Crippen LogP contribution in [0.1, 0.15) is 74.1 Å². The second kappa shape index (κ2) is 4.95. The van der Waals surface area contributed by atoms with Crippen molar-refractivity contribution in [3.63, 3.8) is 0 Å². The van der Waals surface area contributed by atoms with Gasteiger partial charge in [0.25, 0.3) is 0 Å². The molecule has 1 aliphatic heterocycles. The minimum Gasteiger partial charge on any atom is -0.331 e. The van der Waals surface area contributed by atoms with Crippen molar-refractivity contribution in [2.75, 3.05) is 6.54 Å². The molecule has 1 aromatic heterocycles. The summed E-state index contributed by atoms with van der Waals surface area (Å²) in [6.45, 7) is 2.20. The highest BCUT2D eigenvalue weighted by Crippen LogP contribution is 2.61. The van der Waals surface area contributed by atoms with Gasteiger partial charge in [-0.05, 0) is 104 Å². The molecule has 6 aliphatic rings. The van der Waals surface area contributed by atoms with Crippen LogP contribution in [0.25, 0.3) is 10.9 Å². The number of aryl methyl sites for hydroxylation is 1. The summed E-state index contributed by atoms with van der Waals surface area (Å²) < 4.78 is 2.61. The van der Waals surface area contributed by atoms with Gasteiger partial charge in [-0.3, -0.25) is 5.32 Å². The SMILES string of the molecule is c1cc2c(cc1C13CC4CC(CC(C4)C1)C3)c1c3n2CNC[C@H]3CCC1. The fraction of sp³-hybridized carbons (Fsp3) is 0.667. The molecule has 0 amide bonds. The van der Waals surface area contributed by atoms with E-state index in [2.05, 4.69) is 28.1 Å². The third-order valence-electron chi connectivity index (χ3n) is 8.89. The molecule has 8 rings (SSSR count). The smallest absolute Gasteiger partial charge is 0.0729 e. The predicted octanol–water partition coefficient (Wildman–Crippen LogP) is 5.09. The Morgan fingerprint density at radius 3 is 2.54 bits per heavy atom. The van der Waals surface area contributed by atoms with Crippen molar-refractivity contribution in [2.45, 2.75) is 75.8 Å². The molecule has 0 saturated heterocycles. The standard InChI is InChI=1S/C24H30N2/c1-2-18-13-25-14-26-22-5-4-19(9-21(22)20(3-1)23(18)26)24-10-15-6-16(11-24)8-17(7-15)12-24/h4-5,9,15-18,25H,1-3,6-8,10-14H2/t15?,16?,17?,18-,24?/m1/s1. The molecule has 2 nitrogen and oxygen atoms in total. The summed E-state index contributed by atoms with van der Waals surface area (Å²) in [5.74, 6) is 3.85. The molecule has 1 N–H and O–H groups in total. The van der Waals surface area contributed by atoms with Crippen LogP contribution in [0, 0.1) is 17.8 Å². The zero-order chi connectivity index (χ0) is 16.9. The Morgan fingerprint density at radius 1 is 1.00 bits per heavy atom. The minimum atomic E-state index is 0.532. The van der Waals surface area contributed by atoms with Crippen molar-refractivity contribution in [3.8, 4) is 0 Å². The van der Waals surface area contributed by atoms with E-state index in [4.69, 9.17) is 0 Å². The highest BCUT2D eigenvalue weighted by molar-refractivity contribution is 5.87. The number of benzene rings is 1. The lowest BCUT2D eigenvalue weighted by Gasteiger charge is -2.57. The molecule has 4 saturated carbocycles. The minimum absolute atomic E-state index is 0.532. The number of hydrogen-bond donors (Lipinski definition) is 1. The molecule has 1 atom stereocenters. The topological polar surface area (TPSA) is 17.0 Å². The van der Waals surface area contributed by atoms with Crippen LogP contribution in [-0.4, -0.2) is 11.1 Å². The van der Waals surface area contributed by atoms with Crippen molar-refractivity contribution in [1.29, 1.82) is 0 Å². The Bertz CT molecular complexity index is 867. The third-order valence-corrected chi connectivity index (χ3v) is 8.89. The summed E-state index contributed by atoms with van der Waals surface area (Å²) >= 11 is 0. The van der Waals surface area contributed by atoms with Crippen LogP contribution < -0.4 is 5.32 Å². The molecule has 0 unspecified atom stereocenters. The lowest BCUT2D eigenvalue weighted by atomic mass is 9.48.